The van der Waals surface area contributed by atoms with Crippen molar-refractivity contribution in [3.63, 3.8) is 0 Å². The molecule has 12 aromatic rings. The molecule has 256 valence electrons. The number of hydrogen-bond donors (Lipinski definition) is 0. The summed E-state index contributed by atoms with van der Waals surface area (Å²) in [7, 11) is 0. The zero-order valence-electron chi connectivity index (χ0n) is 29.5. The molecule has 0 amide bonds. The van der Waals surface area contributed by atoms with Crippen LogP contribution >= 0.6 is 0 Å². The number of fused-ring (bicyclic) bond motifs is 12. The van der Waals surface area contributed by atoms with Gasteiger partial charge >= 0.3 is 0 Å². The van der Waals surface area contributed by atoms with E-state index in [1.165, 1.54) is 11.1 Å². The third-order valence-corrected chi connectivity index (χ3v) is 11.1. The first kappa shape index (κ1) is 30.0. The van der Waals surface area contributed by atoms with Crippen molar-refractivity contribution in [1.82, 2.24) is 19.1 Å². The zero-order valence-corrected chi connectivity index (χ0v) is 29.5. The molecule has 0 fully saturated rings. The fourth-order valence-electron chi connectivity index (χ4n) is 8.74. The van der Waals surface area contributed by atoms with Crippen LogP contribution in [0.15, 0.2) is 186 Å². The Kier molecular flexibility index (Phi) is 6.27. The maximum absolute atomic E-state index is 6.47. The van der Waals surface area contributed by atoms with Crippen LogP contribution in [0.5, 0.6) is 0 Å². The molecular formula is C50H30N4O. The summed E-state index contributed by atoms with van der Waals surface area (Å²) in [5.74, 6) is 0.634. The molecule has 0 saturated carbocycles. The van der Waals surface area contributed by atoms with Crippen molar-refractivity contribution in [3.8, 4) is 34.0 Å². The van der Waals surface area contributed by atoms with E-state index in [-0.39, 0.29) is 0 Å². The van der Waals surface area contributed by atoms with E-state index < -0.39 is 0 Å². The van der Waals surface area contributed by atoms with Crippen molar-refractivity contribution in [1.29, 1.82) is 0 Å². The molecule has 55 heavy (non-hydrogen) atoms. The number of benzene rings is 8. The Bertz CT molecular complexity index is 3470. The second-order valence-electron chi connectivity index (χ2n) is 14.1. The Morgan fingerprint density at radius 3 is 1.84 bits per heavy atom. The third-order valence-electron chi connectivity index (χ3n) is 11.1. The molecule has 0 saturated heterocycles. The maximum atomic E-state index is 6.47. The lowest BCUT2D eigenvalue weighted by molar-refractivity contribution is 0.669. The molecule has 0 bridgehead atoms. The number of furan rings is 1. The summed E-state index contributed by atoms with van der Waals surface area (Å²) in [5, 5.41) is 7.81. The van der Waals surface area contributed by atoms with Gasteiger partial charge in [0, 0.05) is 43.6 Å². The van der Waals surface area contributed by atoms with Crippen LogP contribution in [-0.4, -0.2) is 19.1 Å². The normalized spacial score (nSPS) is 12.0. The van der Waals surface area contributed by atoms with Crippen LogP contribution in [-0.2, 0) is 0 Å². The van der Waals surface area contributed by atoms with Crippen LogP contribution in [0.25, 0.3) is 110 Å². The minimum absolute atomic E-state index is 0.634. The number of hydrogen-bond acceptors (Lipinski definition) is 3. The third kappa shape index (κ3) is 4.35. The van der Waals surface area contributed by atoms with E-state index in [4.69, 9.17) is 14.4 Å². The number of para-hydroxylation sites is 4. The fraction of sp³-hybridized carbons (Fsp3) is 0. The molecule has 4 heterocycles. The molecule has 0 aliphatic carbocycles. The van der Waals surface area contributed by atoms with Gasteiger partial charge in [-0.15, -0.1) is 0 Å². The average molecular weight is 703 g/mol. The van der Waals surface area contributed by atoms with Gasteiger partial charge in [0.25, 0.3) is 0 Å². The molecule has 4 aromatic heterocycles. The van der Waals surface area contributed by atoms with Crippen LogP contribution in [0.1, 0.15) is 0 Å². The molecule has 0 unspecified atom stereocenters. The minimum Gasteiger partial charge on any atom is -0.456 e. The van der Waals surface area contributed by atoms with E-state index >= 15 is 0 Å². The predicted octanol–water partition coefficient (Wildman–Crippen LogP) is 13.1. The molecule has 5 nitrogen and oxygen atoms in total. The minimum atomic E-state index is 0.634. The maximum Gasteiger partial charge on any atom is 0.235 e. The van der Waals surface area contributed by atoms with Gasteiger partial charge in [-0.1, -0.05) is 133 Å². The van der Waals surface area contributed by atoms with Crippen LogP contribution in [0.2, 0.25) is 0 Å². The van der Waals surface area contributed by atoms with Crippen molar-refractivity contribution in [2.75, 3.05) is 0 Å². The molecule has 0 atom stereocenters. The van der Waals surface area contributed by atoms with Crippen molar-refractivity contribution in [2.24, 2.45) is 0 Å². The highest BCUT2D eigenvalue weighted by Gasteiger charge is 2.25. The number of nitrogens with zero attached hydrogens (tertiary/aromatic N) is 4. The summed E-state index contributed by atoms with van der Waals surface area (Å²) < 4.78 is 11.2. The van der Waals surface area contributed by atoms with E-state index in [1.807, 2.05) is 12.1 Å². The lowest BCUT2D eigenvalue weighted by Gasteiger charge is -2.13. The first-order chi connectivity index (χ1) is 27.3. The molecular weight excluding hydrogens is 673 g/mol. The molecule has 12 rings (SSSR count). The second-order valence-corrected chi connectivity index (χ2v) is 14.1. The van der Waals surface area contributed by atoms with Gasteiger partial charge in [0.05, 0.1) is 38.7 Å². The Labute approximate surface area is 315 Å². The monoisotopic (exact) mass is 702 g/mol. The van der Waals surface area contributed by atoms with Gasteiger partial charge in [0.15, 0.2) is 0 Å². The van der Waals surface area contributed by atoms with Crippen LogP contribution in [0.3, 0.4) is 0 Å². The highest BCUT2D eigenvalue weighted by Crippen LogP contribution is 2.45. The van der Waals surface area contributed by atoms with Crippen molar-refractivity contribution < 1.29 is 4.42 Å². The number of aromatic nitrogens is 4. The molecule has 5 heteroatoms. The summed E-state index contributed by atoms with van der Waals surface area (Å²) in [6.45, 7) is 0. The average Bonchev–Trinajstić information content (AvgIpc) is 3.91. The van der Waals surface area contributed by atoms with E-state index in [9.17, 15) is 0 Å². The Morgan fingerprint density at radius 2 is 1.00 bits per heavy atom. The van der Waals surface area contributed by atoms with Gasteiger partial charge in [-0.25, -0.2) is 9.97 Å². The molecule has 0 aliphatic heterocycles. The van der Waals surface area contributed by atoms with Gasteiger partial charge in [-0.05, 0) is 59.7 Å². The van der Waals surface area contributed by atoms with Crippen LogP contribution < -0.4 is 0 Å². The SMILES string of the molecule is c1ccc(-c2ccc(-c3nc(-n4c5ccccc5c5ccc6c(c7ccc8oc9ccccc9c8c7n6-c6ccccc6)c54)nc4ccccc34)cc2)cc1. The standard InChI is InChI=1S/C50H30N4O/c1-3-13-31(14-4-1)32-23-25-33(26-24-32)47-37-18-7-10-20-40(37)51-50(52-47)54-41-21-11-8-17-35(41)36-27-29-42-45(48(36)54)39-28-30-44-46(38-19-9-12-22-43(38)55-44)49(39)53(42)34-15-5-2-6-16-34/h1-30H. The van der Waals surface area contributed by atoms with E-state index in [0.29, 0.717) is 5.95 Å². The van der Waals surface area contributed by atoms with E-state index in [0.717, 1.165) is 93.4 Å². The Hall–Kier alpha value is -7.50. The van der Waals surface area contributed by atoms with Gasteiger partial charge in [0.2, 0.25) is 5.95 Å². The fourth-order valence-corrected chi connectivity index (χ4v) is 8.74. The molecule has 0 radical (unpaired) electrons. The molecule has 0 N–H and O–H groups in total. The van der Waals surface area contributed by atoms with Crippen molar-refractivity contribution in [3.05, 3.63) is 182 Å². The largest absolute Gasteiger partial charge is 0.456 e. The Balaban J connectivity index is 1.22. The van der Waals surface area contributed by atoms with Crippen molar-refractivity contribution >= 4 is 76.5 Å². The summed E-state index contributed by atoms with van der Waals surface area (Å²) in [6.07, 6.45) is 0. The van der Waals surface area contributed by atoms with E-state index in [2.05, 4.69) is 179 Å². The van der Waals surface area contributed by atoms with Crippen LogP contribution in [0.4, 0.5) is 0 Å². The Morgan fingerprint density at radius 1 is 0.364 bits per heavy atom. The highest BCUT2D eigenvalue weighted by atomic mass is 16.3. The highest BCUT2D eigenvalue weighted by molar-refractivity contribution is 6.31. The second kappa shape index (κ2) is 11.5. The topological polar surface area (TPSA) is 48.8 Å². The quantitative estimate of drug-likeness (QED) is 0.183. The summed E-state index contributed by atoms with van der Waals surface area (Å²) >= 11 is 0. The smallest absolute Gasteiger partial charge is 0.235 e. The first-order valence-corrected chi connectivity index (χ1v) is 18.6. The van der Waals surface area contributed by atoms with E-state index in [1.54, 1.807) is 0 Å². The summed E-state index contributed by atoms with van der Waals surface area (Å²) in [6, 6.07) is 64.0. The lowest BCUT2D eigenvalue weighted by Crippen LogP contribution is -2.03. The number of rotatable bonds is 4. The molecule has 0 spiro atoms. The lowest BCUT2D eigenvalue weighted by atomic mass is 10.0. The van der Waals surface area contributed by atoms with Crippen molar-refractivity contribution in [2.45, 2.75) is 0 Å². The van der Waals surface area contributed by atoms with Gasteiger partial charge in [-0.2, -0.15) is 0 Å². The van der Waals surface area contributed by atoms with Gasteiger partial charge < -0.3 is 8.98 Å². The predicted molar refractivity (Wildman–Crippen MR) is 226 cm³/mol. The molecule has 8 aromatic carbocycles. The zero-order chi connectivity index (χ0) is 36.0. The first-order valence-electron chi connectivity index (χ1n) is 18.6. The molecule has 0 aliphatic rings. The van der Waals surface area contributed by atoms with Gasteiger partial charge in [0.1, 0.15) is 11.2 Å². The summed E-state index contributed by atoms with van der Waals surface area (Å²) in [5.41, 5.74) is 12.4. The van der Waals surface area contributed by atoms with Gasteiger partial charge in [-0.3, -0.25) is 4.57 Å². The van der Waals surface area contributed by atoms with Crippen LogP contribution in [0, 0.1) is 0 Å². The summed E-state index contributed by atoms with van der Waals surface area (Å²) in [4.78, 5) is 10.8.